The molecule has 1 saturated carbocycles. The van der Waals surface area contributed by atoms with E-state index in [1.807, 2.05) is 0 Å². The summed E-state index contributed by atoms with van der Waals surface area (Å²) in [5.74, 6) is -0.0811. The molecule has 0 radical (unpaired) electrons. The number of nitrogens with zero attached hydrogens (tertiary/aromatic N) is 1. The molecule has 0 spiro atoms. The summed E-state index contributed by atoms with van der Waals surface area (Å²) in [5.41, 5.74) is -0.896. The van der Waals surface area contributed by atoms with Crippen LogP contribution in [0.25, 0.3) is 0 Å². The van der Waals surface area contributed by atoms with Gasteiger partial charge in [0, 0.05) is 37.4 Å². The molecule has 0 saturated heterocycles. The minimum Gasteiger partial charge on any atom is -0.396 e. The van der Waals surface area contributed by atoms with Crippen molar-refractivity contribution in [2.75, 3.05) is 13.2 Å². The average Bonchev–Trinajstić information content (AvgIpc) is 2.21. The molecule has 1 heterocycles. The van der Waals surface area contributed by atoms with E-state index in [4.69, 9.17) is 10.2 Å². The van der Waals surface area contributed by atoms with Crippen LogP contribution in [0.1, 0.15) is 12.5 Å². The number of aromatic nitrogens is 2. The predicted octanol–water partition coefficient (Wildman–Crippen LogP) is -1.30. The molecule has 0 unspecified atom stereocenters. The molecule has 16 heavy (non-hydrogen) atoms. The summed E-state index contributed by atoms with van der Waals surface area (Å²) in [7, 11) is 0. The first-order chi connectivity index (χ1) is 7.67. The topological polar surface area (TPSA) is 95.3 Å². The highest BCUT2D eigenvalue weighted by Crippen LogP contribution is 2.42. The standard InChI is InChI=1S/C10H14N2O4/c13-4-6-3-8(7(6)5-14)12-2-1-9(15)11-10(12)16/h1-2,6-8,13-14H,3-5H2,(H,11,15,16)/t6-,7+,8+/m1/s1. The van der Waals surface area contributed by atoms with Gasteiger partial charge in [0.25, 0.3) is 5.56 Å². The second-order valence-corrected chi connectivity index (χ2v) is 4.11. The third kappa shape index (κ3) is 1.70. The molecule has 1 aromatic rings. The minimum atomic E-state index is -0.465. The second kappa shape index (κ2) is 4.23. The quantitative estimate of drug-likeness (QED) is 0.597. The van der Waals surface area contributed by atoms with Crippen LogP contribution in [0.15, 0.2) is 21.9 Å². The van der Waals surface area contributed by atoms with E-state index in [1.165, 1.54) is 16.8 Å². The molecule has 0 aliphatic heterocycles. The maximum Gasteiger partial charge on any atom is 0.328 e. The summed E-state index contributed by atoms with van der Waals surface area (Å²) in [4.78, 5) is 24.6. The van der Waals surface area contributed by atoms with E-state index in [2.05, 4.69) is 4.98 Å². The first-order valence-electron chi connectivity index (χ1n) is 5.20. The number of aromatic amines is 1. The SMILES string of the molecule is O=c1ccn([C@H]2C[C@H](CO)[C@@H]2CO)c(=O)[nH]1. The Balaban J connectivity index is 2.26. The number of hydrogen-bond acceptors (Lipinski definition) is 4. The van der Waals surface area contributed by atoms with Crippen LogP contribution in [0.4, 0.5) is 0 Å². The molecule has 6 nitrogen and oxygen atoms in total. The summed E-state index contributed by atoms with van der Waals surface area (Å²) in [5, 5.41) is 18.2. The van der Waals surface area contributed by atoms with Crippen molar-refractivity contribution in [3.05, 3.63) is 33.1 Å². The van der Waals surface area contributed by atoms with Crippen LogP contribution in [0.3, 0.4) is 0 Å². The van der Waals surface area contributed by atoms with Crippen LogP contribution in [0, 0.1) is 11.8 Å². The third-order valence-electron chi connectivity index (χ3n) is 3.30. The minimum absolute atomic E-state index is 0.0137. The van der Waals surface area contributed by atoms with E-state index in [0.717, 1.165) is 0 Å². The van der Waals surface area contributed by atoms with Gasteiger partial charge in [-0.05, 0) is 12.3 Å². The molecule has 1 aliphatic rings. The van der Waals surface area contributed by atoms with Gasteiger partial charge in [-0.15, -0.1) is 0 Å². The summed E-state index contributed by atoms with van der Waals surface area (Å²) in [6.45, 7) is -0.0543. The highest BCUT2D eigenvalue weighted by Gasteiger charge is 2.41. The molecule has 1 aliphatic carbocycles. The Labute approximate surface area is 91.2 Å². The lowest BCUT2D eigenvalue weighted by atomic mass is 9.70. The van der Waals surface area contributed by atoms with Crippen molar-refractivity contribution in [3.63, 3.8) is 0 Å². The van der Waals surface area contributed by atoms with Gasteiger partial charge in [-0.1, -0.05) is 0 Å². The molecule has 0 amide bonds. The van der Waals surface area contributed by atoms with Gasteiger partial charge in [-0.3, -0.25) is 14.3 Å². The fourth-order valence-electron chi connectivity index (χ4n) is 2.27. The molecule has 1 aromatic heterocycles. The highest BCUT2D eigenvalue weighted by atomic mass is 16.3. The Morgan fingerprint density at radius 3 is 2.69 bits per heavy atom. The van der Waals surface area contributed by atoms with Crippen LogP contribution in [0.2, 0.25) is 0 Å². The Hall–Kier alpha value is -1.40. The molecule has 88 valence electrons. The summed E-state index contributed by atoms with van der Waals surface area (Å²) >= 11 is 0. The van der Waals surface area contributed by atoms with Crippen LogP contribution in [0.5, 0.6) is 0 Å². The van der Waals surface area contributed by atoms with Gasteiger partial charge in [-0.25, -0.2) is 4.79 Å². The van der Waals surface area contributed by atoms with E-state index in [9.17, 15) is 9.59 Å². The lowest BCUT2D eigenvalue weighted by Crippen LogP contribution is -2.46. The average molecular weight is 226 g/mol. The normalized spacial score (nSPS) is 28.8. The zero-order valence-corrected chi connectivity index (χ0v) is 8.67. The Bertz CT molecular complexity index is 478. The van der Waals surface area contributed by atoms with E-state index in [1.54, 1.807) is 0 Å². The molecular formula is C10H14N2O4. The Morgan fingerprint density at radius 1 is 1.38 bits per heavy atom. The molecular weight excluding hydrogens is 212 g/mol. The molecule has 0 aromatic carbocycles. The van der Waals surface area contributed by atoms with E-state index < -0.39 is 11.2 Å². The van der Waals surface area contributed by atoms with Gasteiger partial charge in [0.05, 0.1) is 0 Å². The van der Waals surface area contributed by atoms with Crippen molar-refractivity contribution in [2.24, 2.45) is 11.8 Å². The summed E-state index contributed by atoms with van der Waals surface area (Å²) < 4.78 is 1.41. The van der Waals surface area contributed by atoms with Gasteiger partial charge >= 0.3 is 5.69 Å². The fraction of sp³-hybridized carbons (Fsp3) is 0.600. The van der Waals surface area contributed by atoms with Crippen molar-refractivity contribution in [1.29, 1.82) is 0 Å². The number of hydrogen-bond donors (Lipinski definition) is 3. The molecule has 6 heteroatoms. The van der Waals surface area contributed by atoms with E-state index in [-0.39, 0.29) is 31.1 Å². The smallest absolute Gasteiger partial charge is 0.328 e. The van der Waals surface area contributed by atoms with Crippen LogP contribution in [-0.2, 0) is 0 Å². The number of aliphatic hydroxyl groups excluding tert-OH is 2. The molecule has 0 bridgehead atoms. The van der Waals surface area contributed by atoms with Gasteiger partial charge in [-0.2, -0.15) is 0 Å². The monoisotopic (exact) mass is 226 g/mol. The first-order valence-corrected chi connectivity index (χ1v) is 5.20. The van der Waals surface area contributed by atoms with Gasteiger partial charge in [0.15, 0.2) is 0 Å². The zero-order valence-electron chi connectivity index (χ0n) is 8.67. The fourth-order valence-corrected chi connectivity index (χ4v) is 2.27. The number of rotatable bonds is 3. The number of aliphatic hydroxyl groups is 2. The van der Waals surface area contributed by atoms with Crippen molar-refractivity contribution in [2.45, 2.75) is 12.5 Å². The maximum absolute atomic E-state index is 11.5. The second-order valence-electron chi connectivity index (χ2n) is 4.11. The van der Waals surface area contributed by atoms with Crippen molar-refractivity contribution in [1.82, 2.24) is 9.55 Å². The first kappa shape index (κ1) is 11.1. The number of nitrogens with one attached hydrogen (secondary N) is 1. The van der Waals surface area contributed by atoms with Gasteiger partial charge < -0.3 is 10.2 Å². The zero-order chi connectivity index (χ0) is 11.7. The van der Waals surface area contributed by atoms with Crippen LogP contribution in [-0.4, -0.2) is 33.0 Å². The lowest BCUT2D eigenvalue weighted by Gasteiger charge is -2.43. The Morgan fingerprint density at radius 2 is 2.12 bits per heavy atom. The van der Waals surface area contributed by atoms with E-state index in [0.29, 0.717) is 6.42 Å². The van der Waals surface area contributed by atoms with Crippen molar-refractivity contribution in [3.8, 4) is 0 Å². The lowest BCUT2D eigenvalue weighted by molar-refractivity contribution is -0.00874. The van der Waals surface area contributed by atoms with Crippen molar-refractivity contribution >= 4 is 0 Å². The summed E-state index contributed by atoms with van der Waals surface area (Å²) in [6, 6.07) is 1.15. The molecule has 3 N–H and O–H groups in total. The van der Waals surface area contributed by atoms with Crippen molar-refractivity contribution < 1.29 is 10.2 Å². The maximum atomic E-state index is 11.5. The van der Waals surface area contributed by atoms with Gasteiger partial charge in [0.2, 0.25) is 0 Å². The van der Waals surface area contributed by atoms with Gasteiger partial charge in [0.1, 0.15) is 0 Å². The Kier molecular flexibility index (Phi) is 2.93. The molecule has 2 rings (SSSR count). The summed E-state index contributed by atoms with van der Waals surface area (Å²) in [6.07, 6.45) is 2.08. The van der Waals surface area contributed by atoms with E-state index >= 15 is 0 Å². The van der Waals surface area contributed by atoms with Crippen LogP contribution >= 0.6 is 0 Å². The largest absolute Gasteiger partial charge is 0.396 e. The molecule has 3 atom stereocenters. The predicted molar refractivity (Wildman–Crippen MR) is 56.1 cm³/mol. The molecule has 1 fully saturated rings. The number of H-pyrrole nitrogens is 1. The van der Waals surface area contributed by atoms with Crippen LogP contribution < -0.4 is 11.2 Å². The third-order valence-corrected chi connectivity index (χ3v) is 3.30. The highest BCUT2D eigenvalue weighted by molar-refractivity contribution is 4.96.